The third-order valence-electron chi connectivity index (χ3n) is 4.65. The van der Waals surface area contributed by atoms with E-state index in [-0.39, 0.29) is 0 Å². The lowest BCUT2D eigenvalue weighted by atomic mass is 9.95. The number of fused-ring (bicyclic) bond motifs is 2. The van der Waals surface area contributed by atoms with Crippen LogP contribution in [0.5, 0.6) is 17.2 Å². The summed E-state index contributed by atoms with van der Waals surface area (Å²) in [6.45, 7) is 2.04. The van der Waals surface area contributed by atoms with Crippen LogP contribution in [0.1, 0.15) is 19.8 Å². The first-order valence-electron chi connectivity index (χ1n) is 9.15. The quantitative estimate of drug-likeness (QED) is 0.494. The van der Waals surface area contributed by atoms with E-state index in [1.807, 2.05) is 48.5 Å². The van der Waals surface area contributed by atoms with Crippen LogP contribution in [0.2, 0.25) is 0 Å². The fourth-order valence-electron chi connectivity index (χ4n) is 3.30. The summed E-state index contributed by atoms with van der Waals surface area (Å²) in [7, 11) is 1.54. The summed E-state index contributed by atoms with van der Waals surface area (Å²) in [4.78, 5) is 0. The standard InChI is InChI=1S/C22H23NO4/c1-3-4-10-25-18-13-17(23)21(14-8-6-5-7-9-14)16-12-20-19(11-15(16)18)26-22(24-2)27-20/h5-9,11-13,22H,3-4,10,23H2,1-2H3. The highest BCUT2D eigenvalue weighted by Crippen LogP contribution is 2.46. The molecule has 1 heterocycles. The van der Waals surface area contributed by atoms with Gasteiger partial charge < -0.3 is 24.7 Å². The monoisotopic (exact) mass is 365 g/mol. The molecule has 1 atom stereocenters. The molecule has 0 spiro atoms. The number of ether oxygens (including phenoxy) is 4. The molecule has 4 rings (SSSR count). The normalized spacial score (nSPS) is 15.3. The second-order valence-corrected chi connectivity index (χ2v) is 6.51. The average Bonchev–Trinajstić information content (AvgIpc) is 3.09. The number of hydrogen-bond donors (Lipinski definition) is 1. The van der Waals surface area contributed by atoms with Crippen molar-refractivity contribution < 1.29 is 18.9 Å². The van der Waals surface area contributed by atoms with Crippen molar-refractivity contribution in [2.45, 2.75) is 26.2 Å². The Kier molecular flexibility index (Phi) is 4.77. The lowest BCUT2D eigenvalue weighted by Crippen LogP contribution is -2.19. The molecule has 1 unspecified atom stereocenters. The fourth-order valence-corrected chi connectivity index (χ4v) is 3.30. The molecule has 0 bridgehead atoms. The molecule has 3 aromatic rings. The SMILES string of the molecule is CCCCOc1cc(N)c(-c2ccccc2)c2cc3c(cc12)OC(OC)O3. The minimum absolute atomic E-state index is 0.636. The Bertz CT molecular complexity index is 956. The van der Waals surface area contributed by atoms with Crippen LogP contribution < -0.4 is 19.9 Å². The molecule has 0 saturated carbocycles. The molecule has 1 aliphatic rings. The highest BCUT2D eigenvalue weighted by Gasteiger charge is 2.26. The predicted molar refractivity (Wildman–Crippen MR) is 106 cm³/mol. The van der Waals surface area contributed by atoms with Crippen molar-refractivity contribution in [1.82, 2.24) is 0 Å². The van der Waals surface area contributed by atoms with E-state index in [4.69, 9.17) is 24.7 Å². The molecule has 27 heavy (non-hydrogen) atoms. The molecule has 1 aliphatic heterocycles. The summed E-state index contributed by atoms with van der Waals surface area (Å²) in [5.74, 6) is 2.03. The minimum atomic E-state index is -0.737. The highest BCUT2D eigenvalue weighted by molar-refractivity contribution is 6.06. The van der Waals surface area contributed by atoms with Gasteiger partial charge in [-0.05, 0) is 29.5 Å². The van der Waals surface area contributed by atoms with Gasteiger partial charge in [0.25, 0.3) is 0 Å². The topological polar surface area (TPSA) is 62.9 Å². The van der Waals surface area contributed by atoms with E-state index in [0.717, 1.165) is 40.5 Å². The summed E-state index contributed by atoms with van der Waals surface area (Å²) >= 11 is 0. The lowest BCUT2D eigenvalue weighted by Gasteiger charge is -2.16. The van der Waals surface area contributed by atoms with Gasteiger partial charge in [-0.15, -0.1) is 0 Å². The molecule has 5 nitrogen and oxygen atoms in total. The number of anilines is 1. The van der Waals surface area contributed by atoms with Gasteiger partial charge in [0.1, 0.15) is 5.75 Å². The second kappa shape index (κ2) is 7.37. The van der Waals surface area contributed by atoms with Gasteiger partial charge in [-0.1, -0.05) is 43.7 Å². The Labute approximate surface area is 158 Å². The largest absolute Gasteiger partial charge is 0.493 e. The number of rotatable bonds is 6. The van der Waals surface area contributed by atoms with Crippen LogP contribution in [0.4, 0.5) is 5.69 Å². The summed E-state index contributed by atoms with van der Waals surface area (Å²) in [6.07, 6.45) is 2.05. The van der Waals surface area contributed by atoms with Crippen molar-refractivity contribution in [3.8, 4) is 28.4 Å². The minimum Gasteiger partial charge on any atom is -0.493 e. The predicted octanol–water partition coefficient (Wildman–Crippen LogP) is 4.97. The molecule has 0 fully saturated rings. The van der Waals surface area contributed by atoms with Crippen molar-refractivity contribution in [3.63, 3.8) is 0 Å². The maximum absolute atomic E-state index is 6.45. The van der Waals surface area contributed by atoms with E-state index in [9.17, 15) is 0 Å². The van der Waals surface area contributed by atoms with E-state index in [0.29, 0.717) is 23.8 Å². The molecule has 0 saturated heterocycles. The van der Waals surface area contributed by atoms with Crippen molar-refractivity contribution >= 4 is 16.5 Å². The first kappa shape index (κ1) is 17.5. The number of methoxy groups -OCH3 is 1. The van der Waals surface area contributed by atoms with Gasteiger partial charge in [0.2, 0.25) is 0 Å². The lowest BCUT2D eigenvalue weighted by molar-refractivity contribution is -0.157. The zero-order valence-electron chi connectivity index (χ0n) is 15.5. The Morgan fingerprint density at radius 1 is 1.00 bits per heavy atom. The third kappa shape index (κ3) is 3.26. The average molecular weight is 365 g/mol. The van der Waals surface area contributed by atoms with Crippen LogP contribution in [0.15, 0.2) is 48.5 Å². The van der Waals surface area contributed by atoms with Gasteiger partial charge >= 0.3 is 6.48 Å². The number of nitrogens with two attached hydrogens (primary N) is 1. The van der Waals surface area contributed by atoms with Crippen LogP contribution in [0.3, 0.4) is 0 Å². The van der Waals surface area contributed by atoms with Gasteiger partial charge in [0.15, 0.2) is 11.5 Å². The Morgan fingerprint density at radius 3 is 2.37 bits per heavy atom. The molecule has 0 radical (unpaired) electrons. The molecule has 140 valence electrons. The Morgan fingerprint density at radius 2 is 1.70 bits per heavy atom. The molecular formula is C22H23NO4. The summed E-state index contributed by atoms with van der Waals surface area (Å²) in [5.41, 5.74) is 9.12. The van der Waals surface area contributed by atoms with Crippen LogP contribution in [0.25, 0.3) is 21.9 Å². The summed E-state index contributed by atoms with van der Waals surface area (Å²) in [6, 6.07) is 15.9. The van der Waals surface area contributed by atoms with Gasteiger partial charge in [-0.25, -0.2) is 0 Å². The van der Waals surface area contributed by atoms with Crippen molar-refractivity contribution in [2.24, 2.45) is 0 Å². The van der Waals surface area contributed by atoms with E-state index in [1.165, 1.54) is 0 Å². The van der Waals surface area contributed by atoms with Crippen LogP contribution in [-0.2, 0) is 4.74 Å². The van der Waals surface area contributed by atoms with Gasteiger partial charge in [0, 0.05) is 29.8 Å². The number of nitrogen functional groups attached to an aromatic ring is 1. The maximum atomic E-state index is 6.45. The van der Waals surface area contributed by atoms with E-state index >= 15 is 0 Å². The van der Waals surface area contributed by atoms with E-state index in [1.54, 1.807) is 7.11 Å². The molecular weight excluding hydrogens is 342 g/mol. The molecule has 0 aromatic heterocycles. The van der Waals surface area contributed by atoms with Gasteiger partial charge in [-0.2, -0.15) is 0 Å². The van der Waals surface area contributed by atoms with E-state index < -0.39 is 6.48 Å². The van der Waals surface area contributed by atoms with Gasteiger partial charge in [0.05, 0.1) is 6.61 Å². The molecule has 3 aromatic carbocycles. The van der Waals surface area contributed by atoms with Crippen molar-refractivity contribution in [2.75, 3.05) is 19.5 Å². The Balaban J connectivity index is 1.91. The Hall–Kier alpha value is -2.92. The zero-order chi connectivity index (χ0) is 18.8. The smallest absolute Gasteiger partial charge is 0.360 e. The first-order chi connectivity index (χ1) is 13.2. The van der Waals surface area contributed by atoms with Crippen LogP contribution in [0, 0.1) is 0 Å². The van der Waals surface area contributed by atoms with Crippen LogP contribution in [-0.4, -0.2) is 20.2 Å². The molecule has 5 heteroatoms. The third-order valence-corrected chi connectivity index (χ3v) is 4.65. The van der Waals surface area contributed by atoms with Crippen molar-refractivity contribution in [3.05, 3.63) is 48.5 Å². The van der Waals surface area contributed by atoms with Gasteiger partial charge in [-0.3, -0.25) is 0 Å². The second-order valence-electron chi connectivity index (χ2n) is 6.51. The summed E-state index contributed by atoms with van der Waals surface area (Å²) < 4.78 is 22.6. The molecule has 0 aliphatic carbocycles. The molecule has 2 N–H and O–H groups in total. The number of benzene rings is 3. The fraction of sp³-hybridized carbons (Fsp3) is 0.273. The zero-order valence-corrected chi connectivity index (χ0v) is 15.5. The number of hydrogen-bond acceptors (Lipinski definition) is 5. The van der Waals surface area contributed by atoms with Crippen LogP contribution >= 0.6 is 0 Å². The van der Waals surface area contributed by atoms with E-state index in [2.05, 4.69) is 6.92 Å². The van der Waals surface area contributed by atoms with Crippen molar-refractivity contribution in [1.29, 1.82) is 0 Å². The maximum Gasteiger partial charge on any atom is 0.360 e. The number of unbranched alkanes of at least 4 members (excludes halogenated alkanes) is 1. The highest BCUT2D eigenvalue weighted by atomic mass is 16.9. The first-order valence-corrected chi connectivity index (χ1v) is 9.15. The summed E-state index contributed by atoms with van der Waals surface area (Å²) in [5, 5.41) is 1.91. The molecule has 0 amide bonds.